The Morgan fingerprint density at radius 3 is 2.75 bits per heavy atom. The molecule has 0 atom stereocenters. The van der Waals surface area contributed by atoms with Crippen molar-refractivity contribution < 1.29 is 4.79 Å². The minimum Gasteiger partial charge on any atom is -0.366 e. The van der Waals surface area contributed by atoms with E-state index in [-0.39, 0.29) is 0 Å². The highest BCUT2D eigenvalue weighted by atomic mass is 32.1. The van der Waals surface area contributed by atoms with Crippen LogP contribution in [-0.2, 0) is 0 Å². The zero-order valence-corrected chi connectivity index (χ0v) is 15.8. The summed E-state index contributed by atoms with van der Waals surface area (Å²) in [5.41, 5.74) is 8.32. The van der Waals surface area contributed by atoms with E-state index < -0.39 is 5.91 Å². The first-order valence-corrected chi connectivity index (χ1v) is 9.30. The Morgan fingerprint density at radius 2 is 1.93 bits per heavy atom. The zero-order chi connectivity index (χ0) is 19.5. The monoisotopic (exact) mass is 388 g/mol. The molecule has 0 fully saturated rings. The van der Waals surface area contributed by atoms with Crippen LogP contribution in [0.4, 0.5) is 11.8 Å². The third kappa shape index (κ3) is 3.86. The summed E-state index contributed by atoms with van der Waals surface area (Å²) in [4.78, 5) is 29.9. The summed E-state index contributed by atoms with van der Waals surface area (Å²) in [5.74, 6) is 0.684. The summed E-state index contributed by atoms with van der Waals surface area (Å²) in [6.07, 6.45) is 3.47. The molecule has 3 heterocycles. The topological polar surface area (TPSA) is 107 Å². The quantitative estimate of drug-likeness (QED) is 0.538. The van der Waals surface area contributed by atoms with Gasteiger partial charge < -0.3 is 11.1 Å². The number of nitrogens with zero attached hydrogens (tertiary/aromatic N) is 4. The van der Waals surface area contributed by atoms with Crippen LogP contribution in [0.1, 0.15) is 16.1 Å². The number of carbonyl (C=O) groups is 1. The minimum atomic E-state index is -0.461. The molecule has 0 radical (unpaired) electrons. The Hall–Kier alpha value is -3.65. The van der Waals surface area contributed by atoms with Crippen LogP contribution in [0, 0.1) is 6.92 Å². The fourth-order valence-corrected chi connectivity index (χ4v) is 3.48. The second-order valence-electron chi connectivity index (χ2n) is 6.03. The SMILES string of the molecule is Cc1ccnc(Nc2cccc(-c3cnc(-c4cccc(C(N)=O)c4)s3)n2)n1. The fourth-order valence-electron chi connectivity index (χ4n) is 2.60. The summed E-state index contributed by atoms with van der Waals surface area (Å²) in [5, 5.41) is 3.90. The number of hydrogen-bond acceptors (Lipinski definition) is 7. The van der Waals surface area contributed by atoms with Crippen molar-refractivity contribution in [2.24, 2.45) is 5.73 Å². The van der Waals surface area contributed by atoms with Crippen LogP contribution in [0.25, 0.3) is 21.1 Å². The van der Waals surface area contributed by atoms with Gasteiger partial charge in [0.05, 0.1) is 10.6 Å². The number of amides is 1. The van der Waals surface area contributed by atoms with Crippen LogP contribution in [0.2, 0.25) is 0 Å². The molecule has 3 aromatic heterocycles. The van der Waals surface area contributed by atoms with Crippen molar-refractivity contribution >= 4 is 29.0 Å². The van der Waals surface area contributed by atoms with Gasteiger partial charge in [-0.1, -0.05) is 18.2 Å². The molecule has 0 unspecified atom stereocenters. The molecule has 1 aromatic carbocycles. The molecule has 3 N–H and O–H groups in total. The first-order chi connectivity index (χ1) is 13.6. The zero-order valence-electron chi connectivity index (χ0n) is 15.0. The number of thiazole rings is 1. The average molecular weight is 388 g/mol. The molecule has 4 rings (SSSR count). The number of aryl methyl sites for hydroxylation is 1. The first-order valence-electron chi connectivity index (χ1n) is 8.49. The van der Waals surface area contributed by atoms with Gasteiger partial charge in [-0.05, 0) is 37.3 Å². The predicted octanol–water partition coefficient (Wildman–Crippen LogP) is 3.81. The van der Waals surface area contributed by atoms with E-state index in [2.05, 4.69) is 25.3 Å². The Bertz CT molecular complexity index is 1160. The van der Waals surface area contributed by atoms with Crippen LogP contribution in [-0.4, -0.2) is 25.8 Å². The Balaban J connectivity index is 1.60. The summed E-state index contributed by atoms with van der Waals surface area (Å²) in [7, 11) is 0. The Kier molecular flexibility index (Phi) is 4.77. The van der Waals surface area contributed by atoms with Crippen LogP contribution in [0.15, 0.2) is 60.9 Å². The maximum absolute atomic E-state index is 11.4. The van der Waals surface area contributed by atoms with Crippen LogP contribution in [0.3, 0.4) is 0 Å². The summed E-state index contributed by atoms with van der Waals surface area (Å²) in [6, 6.07) is 14.6. The number of hydrogen-bond donors (Lipinski definition) is 2. The number of primary amides is 1. The van der Waals surface area contributed by atoms with E-state index >= 15 is 0 Å². The number of rotatable bonds is 5. The number of aromatic nitrogens is 4. The van der Waals surface area contributed by atoms with E-state index in [1.807, 2.05) is 37.3 Å². The highest BCUT2D eigenvalue weighted by Gasteiger charge is 2.10. The van der Waals surface area contributed by atoms with Gasteiger partial charge in [-0.3, -0.25) is 4.79 Å². The van der Waals surface area contributed by atoms with E-state index in [0.29, 0.717) is 17.3 Å². The second-order valence-corrected chi connectivity index (χ2v) is 7.06. The molecule has 4 aromatic rings. The first kappa shape index (κ1) is 17.7. The molecule has 8 heteroatoms. The number of benzene rings is 1. The highest BCUT2D eigenvalue weighted by Crippen LogP contribution is 2.32. The maximum atomic E-state index is 11.4. The molecule has 7 nitrogen and oxygen atoms in total. The number of carbonyl (C=O) groups excluding carboxylic acids is 1. The summed E-state index contributed by atoms with van der Waals surface area (Å²) >= 11 is 1.49. The number of anilines is 2. The fraction of sp³-hybridized carbons (Fsp3) is 0.0500. The molecule has 0 bridgehead atoms. The van der Waals surface area contributed by atoms with Crippen molar-refractivity contribution in [3.63, 3.8) is 0 Å². The van der Waals surface area contributed by atoms with Crippen molar-refractivity contribution in [3.05, 3.63) is 72.2 Å². The molecule has 0 aliphatic carbocycles. The van der Waals surface area contributed by atoms with Gasteiger partial charge in [0, 0.05) is 29.2 Å². The van der Waals surface area contributed by atoms with Gasteiger partial charge in [-0.2, -0.15) is 0 Å². The van der Waals surface area contributed by atoms with Crippen LogP contribution >= 0.6 is 11.3 Å². The van der Waals surface area contributed by atoms with Crippen molar-refractivity contribution in [1.29, 1.82) is 0 Å². The third-order valence-corrected chi connectivity index (χ3v) is 5.00. The molecule has 0 aliphatic heterocycles. The molecular formula is C20H16N6OS. The molecule has 0 saturated carbocycles. The molecule has 28 heavy (non-hydrogen) atoms. The third-order valence-electron chi connectivity index (χ3n) is 3.94. The van der Waals surface area contributed by atoms with E-state index in [1.165, 1.54) is 11.3 Å². The van der Waals surface area contributed by atoms with Crippen molar-refractivity contribution in [3.8, 4) is 21.1 Å². The lowest BCUT2D eigenvalue weighted by molar-refractivity contribution is 0.100. The maximum Gasteiger partial charge on any atom is 0.248 e. The highest BCUT2D eigenvalue weighted by molar-refractivity contribution is 7.18. The van der Waals surface area contributed by atoms with E-state index in [0.717, 1.165) is 26.8 Å². The van der Waals surface area contributed by atoms with Gasteiger partial charge in [-0.15, -0.1) is 11.3 Å². The van der Waals surface area contributed by atoms with E-state index in [1.54, 1.807) is 30.6 Å². The lowest BCUT2D eigenvalue weighted by atomic mass is 10.1. The van der Waals surface area contributed by atoms with Gasteiger partial charge in [-0.25, -0.2) is 19.9 Å². The lowest BCUT2D eigenvalue weighted by Crippen LogP contribution is -2.10. The molecular weight excluding hydrogens is 372 g/mol. The van der Waals surface area contributed by atoms with E-state index in [9.17, 15) is 4.79 Å². The Labute approximate surface area is 165 Å². The normalized spacial score (nSPS) is 10.6. The smallest absolute Gasteiger partial charge is 0.248 e. The van der Waals surface area contributed by atoms with Gasteiger partial charge in [0.1, 0.15) is 10.8 Å². The minimum absolute atomic E-state index is 0.455. The van der Waals surface area contributed by atoms with Gasteiger partial charge in [0.2, 0.25) is 11.9 Å². The van der Waals surface area contributed by atoms with Crippen molar-refractivity contribution in [1.82, 2.24) is 19.9 Å². The number of pyridine rings is 1. The molecule has 0 aliphatic rings. The van der Waals surface area contributed by atoms with Crippen LogP contribution < -0.4 is 11.1 Å². The number of nitrogens with two attached hydrogens (primary N) is 1. The van der Waals surface area contributed by atoms with Crippen LogP contribution in [0.5, 0.6) is 0 Å². The van der Waals surface area contributed by atoms with Gasteiger partial charge in [0.25, 0.3) is 0 Å². The lowest BCUT2D eigenvalue weighted by Gasteiger charge is -2.05. The summed E-state index contributed by atoms with van der Waals surface area (Å²) in [6.45, 7) is 1.91. The molecule has 0 saturated heterocycles. The van der Waals surface area contributed by atoms with Crippen molar-refractivity contribution in [2.45, 2.75) is 6.92 Å². The summed E-state index contributed by atoms with van der Waals surface area (Å²) < 4.78 is 0. The Morgan fingerprint density at radius 1 is 1.07 bits per heavy atom. The molecule has 1 amide bonds. The van der Waals surface area contributed by atoms with Crippen molar-refractivity contribution in [2.75, 3.05) is 5.32 Å². The van der Waals surface area contributed by atoms with Gasteiger partial charge in [0.15, 0.2) is 0 Å². The molecule has 138 valence electrons. The average Bonchev–Trinajstić information content (AvgIpc) is 3.19. The molecule has 0 spiro atoms. The number of nitrogens with one attached hydrogen (secondary N) is 1. The predicted molar refractivity (Wildman–Crippen MR) is 109 cm³/mol. The largest absolute Gasteiger partial charge is 0.366 e. The van der Waals surface area contributed by atoms with E-state index in [4.69, 9.17) is 5.73 Å². The second kappa shape index (κ2) is 7.53. The van der Waals surface area contributed by atoms with Gasteiger partial charge >= 0.3 is 0 Å². The standard InChI is InChI=1S/C20H16N6OS/c1-12-8-9-22-20(24-12)26-17-7-3-6-15(25-17)16-11-23-19(28-16)14-5-2-4-13(10-14)18(21)27/h2-11H,1H3,(H2,21,27)(H,22,24,25,26).